The maximum atomic E-state index is 12.1. The van der Waals surface area contributed by atoms with Gasteiger partial charge < -0.3 is 24.4 Å². The molecule has 0 amide bonds. The number of carboxylic acids is 1. The fourth-order valence-corrected chi connectivity index (χ4v) is 3.31. The van der Waals surface area contributed by atoms with E-state index in [-0.39, 0.29) is 22.8 Å². The van der Waals surface area contributed by atoms with Crippen LogP contribution in [0.1, 0.15) is 108 Å². The van der Waals surface area contributed by atoms with Gasteiger partial charge in [0.1, 0.15) is 0 Å². The fourth-order valence-electron chi connectivity index (χ4n) is 3.31. The molecule has 0 aliphatic carbocycles. The SMILES string of the molecule is CCCCCOc1c(CCCC)c(OCCCC)c(O)c(C(=O)O)c1OCCCCC. The van der Waals surface area contributed by atoms with Crippen molar-refractivity contribution < 1.29 is 29.2 Å². The summed E-state index contributed by atoms with van der Waals surface area (Å²) >= 11 is 0. The van der Waals surface area contributed by atoms with Crippen molar-refractivity contribution in [2.45, 2.75) is 98.3 Å². The summed E-state index contributed by atoms with van der Waals surface area (Å²) in [7, 11) is 0. The maximum Gasteiger partial charge on any atom is 0.343 e. The molecule has 0 radical (unpaired) electrons. The molecule has 0 aliphatic heterocycles. The zero-order valence-electron chi connectivity index (χ0n) is 19.9. The lowest BCUT2D eigenvalue weighted by molar-refractivity contribution is 0.0686. The molecule has 0 spiro atoms. The van der Waals surface area contributed by atoms with E-state index in [1.165, 1.54) is 0 Å². The molecule has 0 atom stereocenters. The van der Waals surface area contributed by atoms with E-state index in [0.29, 0.717) is 37.6 Å². The number of carboxylic acid groups (broad SMARTS) is 1. The number of carbonyl (C=O) groups is 1. The topological polar surface area (TPSA) is 85.2 Å². The highest BCUT2D eigenvalue weighted by atomic mass is 16.5. The van der Waals surface area contributed by atoms with E-state index in [2.05, 4.69) is 27.7 Å². The van der Waals surface area contributed by atoms with Crippen LogP contribution >= 0.6 is 0 Å². The molecule has 0 saturated carbocycles. The normalized spacial score (nSPS) is 10.8. The lowest BCUT2D eigenvalue weighted by Gasteiger charge is -2.23. The Labute approximate surface area is 187 Å². The molecule has 6 nitrogen and oxygen atoms in total. The summed E-state index contributed by atoms with van der Waals surface area (Å²) in [6.07, 6.45) is 10.0. The van der Waals surface area contributed by atoms with E-state index < -0.39 is 5.97 Å². The molecule has 6 heteroatoms. The lowest BCUT2D eigenvalue weighted by Crippen LogP contribution is -2.13. The van der Waals surface area contributed by atoms with Gasteiger partial charge in [-0.15, -0.1) is 0 Å². The van der Waals surface area contributed by atoms with Gasteiger partial charge in [0.25, 0.3) is 0 Å². The number of hydrogen-bond acceptors (Lipinski definition) is 5. The summed E-state index contributed by atoms with van der Waals surface area (Å²) in [5.74, 6) is -0.829. The summed E-state index contributed by atoms with van der Waals surface area (Å²) in [5, 5.41) is 20.8. The van der Waals surface area contributed by atoms with Gasteiger partial charge in [-0.3, -0.25) is 0 Å². The minimum atomic E-state index is -1.25. The second kappa shape index (κ2) is 15.7. The largest absolute Gasteiger partial charge is 0.504 e. The number of rotatable bonds is 18. The molecule has 1 rings (SSSR count). The Balaban J connectivity index is 3.50. The van der Waals surface area contributed by atoms with Crippen molar-refractivity contribution in [1.82, 2.24) is 0 Å². The molecule has 0 aliphatic rings. The van der Waals surface area contributed by atoms with Crippen molar-refractivity contribution in [2.75, 3.05) is 19.8 Å². The Kier molecular flexibility index (Phi) is 13.6. The smallest absolute Gasteiger partial charge is 0.343 e. The Morgan fingerprint density at radius 2 is 1.16 bits per heavy atom. The average molecular weight is 439 g/mol. The highest BCUT2D eigenvalue weighted by Crippen LogP contribution is 2.49. The standard InChI is InChI=1S/C25H42O6/c1-5-9-13-17-30-23-19(15-11-7-3)22(29-16-12-8-4)21(26)20(25(27)28)24(23)31-18-14-10-6-2/h26H,5-18H2,1-4H3,(H,27,28). The first kappa shape index (κ1) is 26.9. The third-order valence-corrected chi connectivity index (χ3v) is 5.16. The van der Waals surface area contributed by atoms with Crippen molar-refractivity contribution in [3.63, 3.8) is 0 Å². The number of benzene rings is 1. The van der Waals surface area contributed by atoms with Gasteiger partial charge in [-0.05, 0) is 32.1 Å². The molecule has 0 unspecified atom stereocenters. The molecule has 1 aromatic rings. The molecule has 0 fully saturated rings. The maximum absolute atomic E-state index is 12.1. The summed E-state index contributed by atoms with van der Waals surface area (Å²) in [4.78, 5) is 12.1. The monoisotopic (exact) mass is 438 g/mol. The van der Waals surface area contributed by atoms with Crippen LogP contribution in [0.3, 0.4) is 0 Å². The Hall–Kier alpha value is -2.11. The zero-order valence-corrected chi connectivity index (χ0v) is 19.9. The van der Waals surface area contributed by atoms with E-state index in [1.807, 2.05) is 0 Å². The van der Waals surface area contributed by atoms with E-state index >= 15 is 0 Å². The van der Waals surface area contributed by atoms with Crippen molar-refractivity contribution in [3.8, 4) is 23.0 Å². The van der Waals surface area contributed by atoms with Gasteiger partial charge in [0.05, 0.1) is 19.8 Å². The number of ether oxygens (including phenoxy) is 3. The first-order chi connectivity index (χ1) is 15.0. The summed E-state index contributed by atoms with van der Waals surface area (Å²) in [6.45, 7) is 9.62. The molecular formula is C25H42O6. The predicted molar refractivity (Wildman–Crippen MR) is 124 cm³/mol. The zero-order chi connectivity index (χ0) is 23.1. The summed E-state index contributed by atoms with van der Waals surface area (Å²) < 4.78 is 18.0. The second-order valence-corrected chi connectivity index (χ2v) is 7.91. The molecule has 1 aromatic carbocycles. The predicted octanol–water partition coefficient (Wildman–Crippen LogP) is 6.75. The number of hydrogen-bond donors (Lipinski definition) is 2. The highest BCUT2D eigenvalue weighted by Gasteiger charge is 2.31. The van der Waals surface area contributed by atoms with E-state index in [1.54, 1.807) is 0 Å². The fraction of sp³-hybridized carbons (Fsp3) is 0.720. The van der Waals surface area contributed by atoms with Crippen LogP contribution in [0.25, 0.3) is 0 Å². The Morgan fingerprint density at radius 3 is 1.68 bits per heavy atom. The Bertz CT molecular complexity index is 656. The van der Waals surface area contributed by atoms with Crippen LogP contribution in [0, 0.1) is 0 Å². The molecule has 0 bridgehead atoms. The number of unbranched alkanes of at least 4 members (excludes halogenated alkanes) is 6. The van der Waals surface area contributed by atoms with E-state index in [0.717, 1.165) is 64.2 Å². The molecule has 0 heterocycles. The first-order valence-electron chi connectivity index (χ1n) is 12.1. The summed E-state index contributed by atoms with van der Waals surface area (Å²) in [6, 6.07) is 0. The van der Waals surface area contributed by atoms with E-state index in [9.17, 15) is 15.0 Å². The van der Waals surface area contributed by atoms with Crippen LogP contribution in [-0.4, -0.2) is 36.0 Å². The van der Waals surface area contributed by atoms with Crippen LogP contribution < -0.4 is 14.2 Å². The summed E-state index contributed by atoms with van der Waals surface area (Å²) in [5.41, 5.74) is 0.441. The van der Waals surface area contributed by atoms with Crippen molar-refractivity contribution in [1.29, 1.82) is 0 Å². The van der Waals surface area contributed by atoms with Gasteiger partial charge in [-0.25, -0.2) is 4.79 Å². The molecule has 0 saturated heterocycles. The number of aromatic hydroxyl groups is 1. The highest BCUT2D eigenvalue weighted by molar-refractivity contribution is 5.97. The molecular weight excluding hydrogens is 396 g/mol. The molecule has 0 aromatic heterocycles. The molecule has 31 heavy (non-hydrogen) atoms. The van der Waals surface area contributed by atoms with Gasteiger partial charge >= 0.3 is 5.97 Å². The van der Waals surface area contributed by atoms with Crippen molar-refractivity contribution in [2.24, 2.45) is 0 Å². The van der Waals surface area contributed by atoms with Gasteiger partial charge in [0.15, 0.2) is 28.6 Å². The molecule has 2 N–H and O–H groups in total. The van der Waals surface area contributed by atoms with Crippen LogP contribution in [0.15, 0.2) is 0 Å². The van der Waals surface area contributed by atoms with Gasteiger partial charge in [0.2, 0.25) is 0 Å². The third kappa shape index (κ3) is 8.50. The van der Waals surface area contributed by atoms with Gasteiger partial charge in [0, 0.05) is 5.56 Å². The first-order valence-corrected chi connectivity index (χ1v) is 12.1. The quantitative estimate of drug-likeness (QED) is 0.247. The average Bonchev–Trinajstić information content (AvgIpc) is 2.75. The van der Waals surface area contributed by atoms with Crippen LogP contribution in [0.5, 0.6) is 23.0 Å². The van der Waals surface area contributed by atoms with Gasteiger partial charge in [-0.1, -0.05) is 66.2 Å². The second-order valence-electron chi connectivity index (χ2n) is 7.91. The molecule has 178 valence electrons. The van der Waals surface area contributed by atoms with Crippen LogP contribution in [-0.2, 0) is 6.42 Å². The minimum Gasteiger partial charge on any atom is -0.504 e. The van der Waals surface area contributed by atoms with Crippen LogP contribution in [0.2, 0.25) is 0 Å². The number of aromatic carboxylic acids is 1. The minimum absolute atomic E-state index is 0.131. The van der Waals surface area contributed by atoms with Gasteiger partial charge in [-0.2, -0.15) is 0 Å². The lowest BCUT2D eigenvalue weighted by atomic mass is 10.0. The van der Waals surface area contributed by atoms with Crippen molar-refractivity contribution >= 4 is 5.97 Å². The van der Waals surface area contributed by atoms with Crippen molar-refractivity contribution in [3.05, 3.63) is 11.1 Å². The third-order valence-electron chi connectivity index (χ3n) is 5.16. The van der Waals surface area contributed by atoms with Crippen LogP contribution in [0.4, 0.5) is 0 Å². The number of phenols is 1. The van der Waals surface area contributed by atoms with E-state index in [4.69, 9.17) is 14.2 Å². The Morgan fingerprint density at radius 1 is 0.677 bits per heavy atom.